The van der Waals surface area contributed by atoms with Gasteiger partial charge < -0.3 is 24.6 Å². The maximum atomic E-state index is 13.7. The molecule has 0 aliphatic carbocycles. The third-order valence-electron chi connectivity index (χ3n) is 8.17. The Hall–Kier alpha value is -3.04. The van der Waals surface area contributed by atoms with Crippen molar-refractivity contribution in [3.05, 3.63) is 58.5 Å². The maximum Gasteiger partial charge on any atom is 0.329 e. The molecule has 0 unspecified atom stereocenters. The number of nitrogens with one attached hydrogen (secondary N) is 1. The molecule has 1 N–H and O–H groups in total. The topological polar surface area (TPSA) is 63.9 Å². The number of rotatable bonds is 7. The van der Waals surface area contributed by atoms with E-state index in [1.807, 2.05) is 34.9 Å². The number of likely N-dealkylation sites (tertiary alicyclic amines) is 2. The van der Waals surface area contributed by atoms with Gasteiger partial charge in [0.1, 0.15) is 0 Å². The van der Waals surface area contributed by atoms with Gasteiger partial charge in [-0.1, -0.05) is 24.6 Å². The molecule has 0 spiro atoms. The molecule has 3 aliphatic rings. The summed E-state index contributed by atoms with van der Waals surface area (Å²) in [6, 6.07) is 14.4. The number of para-hydroxylation sites is 2. The molecule has 0 amide bonds. The first kappa shape index (κ1) is 25.2. The van der Waals surface area contributed by atoms with Gasteiger partial charge in [-0.2, -0.15) is 0 Å². The Morgan fingerprint density at radius 2 is 1.68 bits per heavy atom. The summed E-state index contributed by atoms with van der Waals surface area (Å²) in [5.74, 6) is 1.57. The van der Waals surface area contributed by atoms with Crippen LogP contribution in [-0.2, 0) is 13.1 Å². The molecule has 0 radical (unpaired) electrons. The zero-order valence-corrected chi connectivity index (χ0v) is 22.8. The van der Waals surface area contributed by atoms with Gasteiger partial charge in [-0.05, 0) is 93.8 Å². The van der Waals surface area contributed by atoms with Gasteiger partial charge in [-0.3, -0.25) is 9.13 Å². The molecule has 202 valence electrons. The minimum atomic E-state index is 0.131. The molecule has 0 atom stereocenters. The van der Waals surface area contributed by atoms with Gasteiger partial charge in [0.2, 0.25) is 6.79 Å². The van der Waals surface area contributed by atoms with Crippen LogP contribution in [0.3, 0.4) is 0 Å². The normalized spacial score (nSPS) is 18.3. The highest BCUT2D eigenvalue weighted by Gasteiger charge is 2.26. The second kappa shape index (κ2) is 11.4. The average molecular weight is 536 g/mol. The van der Waals surface area contributed by atoms with Crippen LogP contribution in [0.5, 0.6) is 11.5 Å². The fourth-order valence-corrected chi connectivity index (χ4v) is 6.36. The van der Waals surface area contributed by atoms with Crippen molar-refractivity contribution < 1.29 is 9.47 Å². The summed E-state index contributed by atoms with van der Waals surface area (Å²) in [7, 11) is 0. The number of aryl methyl sites for hydroxylation is 1. The van der Waals surface area contributed by atoms with Crippen LogP contribution in [0.1, 0.15) is 50.1 Å². The molecule has 2 saturated heterocycles. The molecule has 1 aromatic heterocycles. The highest BCUT2D eigenvalue weighted by molar-refractivity contribution is 7.80. The molecule has 0 saturated carbocycles. The molecule has 38 heavy (non-hydrogen) atoms. The fourth-order valence-electron chi connectivity index (χ4n) is 6.10. The molecule has 2 fully saturated rings. The molecule has 3 aromatic rings. The first-order valence-electron chi connectivity index (χ1n) is 14.0. The Balaban J connectivity index is 1.07. The zero-order chi connectivity index (χ0) is 25.9. The molecule has 8 nitrogen and oxygen atoms in total. The van der Waals surface area contributed by atoms with Gasteiger partial charge >= 0.3 is 5.69 Å². The predicted molar refractivity (Wildman–Crippen MR) is 153 cm³/mol. The molecular weight excluding hydrogens is 498 g/mol. The van der Waals surface area contributed by atoms with Crippen molar-refractivity contribution in [2.24, 2.45) is 0 Å². The van der Waals surface area contributed by atoms with Crippen molar-refractivity contribution in [3.8, 4) is 11.5 Å². The number of hydrogen-bond donors (Lipinski definition) is 1. The fraction of sp³-hybridized carbons (Fsp3) is 0.517. The third-order valence-corrected chi connectivity index (χ3v) is 8.57. The lowest BCUT2D eigenvalue weighted by Gasteiger charge is -2.34. The lowest BCUT2D eigenvalue weighted by Crippen LogP contribution is -2.45. The van der Waals surface area contributed by atoms with Gasteiger partial charge in [-0.25, -0.2) is 4.79 Å². The van der Waals surface area contributed by atoms with E-state index in [2.05, 4.69) is 31.8 Å². The number of fused-ring (bicyclic) bond motifs is 2. The van der Waals surface area contributed by atoms with Gasteiger partial charge in [0.25, 0.3) is 0 Å². The number of imidazole rings is 1. The van der Waals surface area contributed by atoms with Crippen LogP contribution in [0.25, 0.3) is 11.0 Å². The largest absolute Gasteiger partial charge is 0.454 e. The minimum absolute atomic E-state index is 0.131. The van der Waals surface area contributed by atoms with E-state index >= 15 is 0 Å². The molecule has 9 heteroatoms. The van der Waals surface area contributed by atoms with E-state index in [0.717, 1.165) is 78.6 Å². The number of thiocarbonyl (C=S) groups is 1. The third kappa shape index (κ3) is 5.27. The molecule has 2 aromatic carbocycles. The summed E-state index contributed by atoms with van der Waals surface area (Å²) in [4.78, 5) is 18.4. The summed E-state index contributed by atoms with van der Waals surface area (Å²) in [5, 5.41) is 4.15. The Morgan fingerprint density at radius 3 is 2.50 bits per heavy atom. The van der Waals surface area contributed by atoms with E-state index in [0.29, 0.717) is 6.54 Å². The SMILES string of the molecule is O=c1n(CCCN2CCCCC2)c2ccccc2n1C1CCN(C(=S)NCc2ccc3c(c2)OCO3)CC1. The second-order valence-corrected chi connectivity index (χ2v) is 11.0. The molecule has 6 rings (SSSR count). The van der Waals surface area contributed by atoms with Gasteiger partial charge in [0.05, 0.1) is 11.0 Å². The van der Waals surface area contributed by atoms with Crippen molar-refractivity contribution in [2.45, 2.75) is 57.7 Å². The van der Waals surface area contributed by atoms with Crippen LogP contribution in [0, 0.1) is 0 Å². The molecule has 3 aliphatic heterocycles. The Bertz CT molecular complexity index is 1340. The average Bonchev–Trinajstić information content (AvgIpc) is 3.54. The van der Waals surface area contributed by atoms with Crippen LogP contribution >= 0.6 is 12.2 Å². The summed E-state index contributed by atoms with van der Waals surface area (Å²) >= 11 is 5.72. The van der Waals surface area contributed by atoms with E-state index in [1.54, 1.807) is 0 Å². The highest BCUT2D eigenvalue weighted by atomic mass is 32.1. The summed E-state index contributed by atoms with van der Waals surface area (Å²) < 4.78 is 14.9. The van der Waals surface area contributed by atoms with Gasteiger partial charge in [0.15, 0.2) is 16.6 Å². The van der Waals surface area contributed by atoms with Gasteiger partial charge in [0, 0.05) is 32.2 Å². The van der Waals surface area contributed by atoms with Crippen molar-refractivity contribution in [1.82, 2.24) is 24.3 Å². The van der Waals surface area contributed by atoms with Gasteiger partial charge in [-0.15, -0.1) is 0 Å². The van der Waals surface area contributed by atoms with Crippen LogP contribution in [0.4, 0.5) is 0 Å². The molecular formula is C29H37N5O3S. The molecule has 4 heterocycles. The van der Waals surface area contributed by atoms with E-state index < -0.39 is 0 Å². The minimum Gasteiger partial charge on any atom is -0.454 e. The lowest BCUT2D eigenvalue weighted by atomic mass is 10.0. The lowest BCUT2D eigenvalue weighted by molar-refractivity contribution is 0.174. The van der Waals surface area contributed by atoms with Crippen molar-refractivity contribution in [3.63, 3.8) is 0 Å². The van der Waals surface area contributed by atoms with Crippen molar-refractivity contribution >= 4 is 28.4 Å². The number of benzene rings is 2. The van der Waals surface area contributed by atoms with E-state index in [9.17, 15) is 4.79 Å². The van der Waals surface area contributed by atoms with Crippen molar-refractivity contribution in [1.29, 1.82) is 0 Å². The number of hydrogen-bond acceptors (Lipinski definition) is 5. The van der Waals surface area contributed by atoms with Crippen LogP contribution in [0.2, 0.25) is 0 Å². The highest BCUT2D eigenvalue weighted by Crippen LogP contribution is 2.32. The number of nitrogens with zero attached hydrogens (tertiary/aromatic N) is 4. The van der Waals surface area contributed by atoms with Crippen LogP contribution in [0.15, 0.2) is 47.3 Å². The van der Waals surface area contributed by atoms with Crippen LogP contribution < -0.4 is 20.5 Å². The first-order chi connectivity index (χ1) is 18.7. The summed E-state index contributed by atoms with van der Waals surface area (Å²) in [6.45, 7) is 6.82. The first-order valence-corrected chi connectivity index (χ1v) is 14.4. The Labute approximate surface area is 229 Å². The van der Waals surface area contributed by atoms with E-state index in [-0.39, 0.29) is 18.5 Å². The maximum absolute atomic E-state index is 13.7. The summed E-state index contributed by atoms with van der Waals surface area (Å²) in [6.07, 6.45) is 6.75. The summed E-state index contributed by atoms with van der Waals surface area (Å²) in [5.41, 5.74) is 3.34. The smallest absolute Gasteiger partial charge is 0.329 e. The predicted octanol–water partition coefficient (Wildman–Crippen LogP) is 4.12. The van der Waals surface area contributed by atoms with E-state index in [4.69, 9.17) is 21.7 Å². The Kier molecular flexibility index (Phi) is 7.56. The van der Waals surface area contributed by atoms with Crippen molar-refractivity contribution in [2.75, 3.05) is 39.5 Å². The zero-order valence-electron chi connectivity index (χ0n) is 21.9. The van der Waals surface area contributed by atoms with E-state index in [1.165, 1.54) is 32.4 Å². The number of piperidine rings is 2. The Morgan fingerprint density at radius 1 is 0.921 bits per heavy atom. The molecule has 0 bridgehead atoms. The van der Waals surface area contributed by atoms with Crippen LogP contribution in [-0.4, -0.2) is 63.6 Å². The number of aromatic nitrogens is 2. The quantitative estimate of drug-likeness (QED) is 0.457. The standard InChI is InChI=1S/C29H37N5O3S/c35-29-33(16-6-15-31-13-4-1-5-14-31)24-7-2-3-8-25(24)34(29)23-11-17-32(18-12-23)28(38)30-20-22-9-10-26-27(19-22)37-21-36-26/h2-3,7-10,19,23H,1,4-6,11-18,20-21H2,(H,30,38). The second-order valence-electron chi connectivity index (χ2n) is 10.6. The number of ether oxygens (including phenoxy) is 2. The monoisotopic (exact) mass is 535 g/mol.